The molecule has 1 amide bonds. The second-order valence-electron chi connectivity index (χ2n) is 6.27. The Balaban J connectivity index is 1.46. The topological polar surface area (TPSA) is 33.2 Å². The summed E-state index contributed by atoms with van der Waals surface area (Å²) in [6.07, 6.45) is 7.80. The van der Waals surface area contributed by atoms with Gasteiger partial charge >= 0.3 is 0 Å². The zero-order valence-corrected chi connectivity index (χ0v) is 14.2. The SMILES string of the molecule is O=C(Cc1csc(-c2cccs2)n1)N(C1CCCC1)C1CC1. The van der Waals surface area contributed by atoms with Crippen molar-refractivity contribution in [3.63, 3.8) is 0 Å². The van der Waals surface area contributed by atoms with E-state index in [2.05, 4.69) is 21.3 Å². The number of carbonyl (C=O) groups excluding carboxylic acids is 1. The van der Waals surface area contributed by atoms with E-state index < -0.39 is 0 Å². The summed E-state index contributed by atoms with van der Waals surface area (Å²) in [6.45, 7) is 0. The zero-order chi connectivity index (χ0) is 14.9. The van der Waals surface area contributed by atoms with E-state index in [1.165, 1.54) is 43.4 Å². The molecule has 0 N–H and O–H groups in total. The van der Waals surface area contributed by atoms with Gasteiger partial charge in [0.05, 0.1) is 17.0 Å². The molecule has 2 aromatic heterocycles. The highest BCUT2D eigenvalue weighted by atomic mass is 32.1. The molecule has 4 rings (SSSR count). The fraction of sp³-hybridized carbons (Fsp3) is 0.529. The van der Waals surface area contributed by atoms with Gasteiger partial charge in [-0.25, -0.2) is 4.98 Å². The van der Waals surface area contributed by atoms with Crippen molar-refractivity contribution in [2.24, 2.45) is 0 Å². The van der Waals surface area contributed by atoms with Crippen LogP contribution >= 0.6 is 22.7 Å². The summed E-state index contributed by atoms with van der Waals surface area (Å²) in [7, 11) is 0. The number of amides is 1. The summed E-state index contributed by atoms with van der Waals surface area (Å²) in [4.78, 5) is 20.8. The molecule has 2 aliphatic rings. The second-order valence-corrected chi connectivity index (χ2v) is 8.07. The minimum atomic E-state index is 0.289. The van der Waals surface area contributed by atoms with Crippen LogP contribution in [-0.4, -0.2) is 27.9 Å². The van der Waals surface area contributed by atoms with E-state index in [0.717, 1.165) is 10.7 Å². The first kappa shape index (κ1) is 14.4. The first-order valence-corrected chi connectivity index (χ1v) is 9.86. The lowest BCUT2D eigenvalue weighted by atomic mass is 10.1. The Hall–Kier alpha value is -1.20. The van der Waals surface area contributed by atoms with Crippen LogP contribution in [0.15, 0.2) is 22.9 Å². The molecule has 2 aromatic rings. The minimum Gasteiger partial charge on any atom is -0.336 e. The molecule has 0 aromatic carbocycles. The van der Waals surface area contributed by atoms with Crippen molar-refractivity contribution < 1.29 is 4.79 Å². The summed E-state index contributed by atoms with van der Waals surface area (Å²) in [5, 5.41) is 5.15. The highest BCUT2D eigenvalue weighted by molar-refractivity contribution is 7.20. The molecule has 0 unspecified atom stereocenters. The maximum absolute atomic E-state index is 12.8. The number of hydrogen-bond acceptors (Lipinski definition) is 4. The monoisotopic (exact) mass is 332 g/mol. The van der Waals surface area contributed by atoms with Gasteiger partial charge in [-0.3, -0.25) is 4.79 Å². The van der Waals surface area contributed by atoms with Gasteiger partial charge in [-0.15, -0.1) is 22.7 Å². The van der Waals surface area contributed by atoms with Crippen LogP contribution in [-0.2, 0) is 11.2 Å². The average Bonchev–Trinajstić information content (AvgIpc) is 2.97. The Kier molecular flexibility index (Phi) is 4.01. The van der Waals surface area contributed by atoms with Gasteiger partial charge < -0.3 is 4.90 Å². The molecule has 2 aliphatic carbocycles. The molecule has 0 bridgehead atoms. The van der Waals surface area contributed by atoms with E-state index in [1.54, 1.807) is 22.7 Å². The Morgan fingerprint density at radius 2 is 1.95 bits per heavy atom. The van der Waals surface area contributed by atoms with Crippen LogP contribution in [0.25, 0.3) is 9.88 Å². The van der Waals surface area contributed by atoms with Gasteiger partial charge in [-0.05, 0) is 37.1 Å². The number of nitrogens with zero attached hydrogens (tertiary/aromatic N) is 2. The Labute approximate surface area is 139 Å². The summed E-state index contributed by atoms with van der Waals surface area (Å²) in [5.74, 6) is 0.289. The van der Waals surface area contributed by atoms with Crippen molar-refractivity contribution in [3.8, 4) is 9.88 Å². The molecule has 116 valence electrons. The smallest absolute Gasteiger partial charge is 0.229 e. The predicted octanol–water partition coefficient (Wildman–Crippen LogP) is 4.35. The number of carbonyl (C=O) groups is 1. The van der Waals surface area contributed by atoms with Crippen LogP contribution in [0.4, 0.5) is 0 Å². The molecule has 2 saturated carbocycles. The average molecular weight is 332 g/mol. The predicted molar refractivity (Wildman–Crippen MR) is 91.3 cm³/mol. The number of thiophene rings is 1. The Bertz CT molecular complexity index is 639. The van der Waals surface area contributed by atoms with Crippen LogP contribution in [0.2, 0.25) is 0 Å². The van der Waals surface area contributed by atoms with E-state index in [1.807, 2.05) is 11.4 Å². The molecule has 2 fully saturated rings. The molecule has 22 heavy (non-hydrogen) atoms. The van der Waals surface area contributed by atoms with Gasteiger partial charge in [-0.2, -0.15) is 0 Å². The standard InChI is InChI=1S/C17H20N2OS2/c20-16(19(14-7-8-14)13-4-1-2-5-13)10-12-11-22-17(18-12)15-6-3-9-21-15/h3,6,9,11,13-14H,1-2,4-5,7-8,10H2. The van der Waals surface area contributed by atoms with Crippen molar-refractivity contribution in [1.82, 2.24) is 9.88 Å². The minimum absolute atomic E-state index is 0.289. The fourth-order valence-electron chi connectivity index (χ4n) is 3.39. The quantitative estimate of drug-likeness (QED) is 0.815. The maximum Gasteiger partial charge on any atom is 0.229 e. The number of thiazole rings is 1. The fourth-order valence-corrected chi connectivity index (χ4v) is 5.02. The summed E-state index contributed by atoms with van der Waals surface area (Å²) >= 11 is 3.35. The summed E-state index contributed by atoms with van der Waals surface area (Å²) in [6, 6.07) is 5.15. The van der Waals surface area contributed by atoms with Gasteiger partial charge in [0.1, 0.15) is 5.01 Å². The van der Waals surface area contributed by atoms with E-state index in [0.29, 0.717) is 18.5 Å². The number of aromatic nitrogens is 1. The van der Waals surface area contributed by atoms with Crippen LogP contribution < -0.4 is 0 Å². The van der Waals surface area contributed by atoms with Crippen molar-refractivity contribution in [2.75, 3.05) is 0 Å². The van der Waals surface area contributed by atoms with Gasteiger partial charge in [0.25, 0.3) is 0 Å². The molecule has 5 heteroatoms. The highest BCUT2D eigenvalue weighted by Crippen LogP contribution is 2.35. The van der Waals surface area contributed by atoms with E-state index in [4.69, 9.17) is 0 Å². The lowest BCUT2D eigenvalue weighted by Gasteiger charge is -2.29. The Morgan fingerprint density at radius 1 is 1.18 bits per heavy atom. The van der Waals surface area contributed by atoms with Gasteiger partial charge in [0, 0.05) is 17.5 Å². The van der Waals surface area contributed by atoms with E-state index in [-0.39, 0.29) is 5.91 Å². The highest BCUT2D eigenvalue weighted by Gasteiger charge is 2.38. The molecule has 3 nitrogen and oxygen atoms in total. The first-order valence-electron chi connectivity index (χ1n) is 8.11. The first-order chi connectivity index (χ1) is 10.8. The summed E-state index contributed by atoms with van der Waals surface area (Å²) in [5.41, 5.74) is 0.932. The molecular weight excluding hydrogens is 312 g/mol. The van der Waals surface area contributed by atoms with Crippen molar-refractivity contribution >= 4 is 28.6 Å². The molecule has 2 heterocycles. The van der Waals surface area contributed by atoms with E-state index in [9.17, 15) is 4.79 Å². The lowest BCUT2D eigenvalue weighted by Crippen LogP contribution is -2.41. The lowest BCUT2D eigenvalue weighted by molar-refractivity contribution is -0.133. The number of hydrogen-bond donors (Lipinski definition) is 0. The molecule has 0 atom stereocenters. The van der Waals surface area contributed by atoms with Gasteiger partial charge in [-0.1, -0.05) is 18.9 Å². The van der Waals surface area contributed by atoms with Crippen molar-refractivity contribution in [1.29, 1.82) is 0 Å². The zero-order valence-electron chi connectivity index (χ0n) is 12.5. The van der Waals surface area contributed by atoms with Crippen LogP contribution in [0.3, 0.4) is 0 Å². The normalized spacial score (nSPS) is 18.7. The Morgan fingerprint density at radius 3 is 2.64 bits per heavy atom. The van der Waals surface area contributed by atoms with Crippen molar-refractivity contribution in [3.05, 3.63) is 28.6 Å². The van der Waals surface area contributed by atoms with E-state index >= 15 is 0 Å². The van der Waals surface area contributed by atoms with Gasteiger partial charge in [0.15, 0.2) is 0 Å². The maximum atomic E-state index is 12.8. The summed E-state index contributed by atoms with van der Waals surface area (Å²) < 4.78 is 0. The third kappa shape index (κ3) is 2.97. The second kappa shape index (κ2) is 6.13. The largest absolute Gasteiger partial charge is 0.336 e. The van der Waals surface area contributed by atoms with Crippen molar-refractivity contribution in [2.45, 2.75) is 57.0 Å². The third-order valence-electron chi connectivity index (χ3n) is 4.56. The molecular formula is C17H20N2OS2. The molecule has 0 spiro atoms. The number of rotatable bonds is 5. The van der Waals surface area contributed by atoms with Crippen LogP contribution in [0, 0.1) is 0 Å². The molecule has 0 radical (unpaired) electrons. The third-order valence-corrected chi connectivity index (χ3v) is 6.49. The van der Waals surface area contributed by atoms with Gasteiger partial charge in [0.2, 0.25) is 5.91 Å². The van der Waals surface area contributed by atoms with Crippen LogP contribution in [0.5, 0.6) is 0 Å². The molecule has 0 aliphatic heterocycles. The van der Waals surface area contributed by atoms with Crippen LogP contribution in [0.1, 0.15) is 44.2 Å². The molecule has 0 saturated heterocycles.